The molecule has 0 unspecified atom stereocenters. The van der Waals surface area contributed by atoms with E-state index in [1.165, 1.54) is 0 Å². The van der Waals surface area contributed by atoms with Gasteiger partial charge in [0, 0.05) is 17.1 Å². The minimum Gasteiger partial charge on any atom is -0.494 e. The fourth-order valence-electron chi connectivity index (χ4n) is 3.18. The van der Waals surface area contributed by atoms with Gasteiger partial charge in [-0.3, -0.25) is 0 Å². The highest BCUT2D eigenvalue weighted by molar-refractivity contribution is 5.77. The molecule has 0 aliphatic rings. The van der Waals surface area contributed by atoms with Crippen molar-refractivity contribution in [3.05, 3.63) is 72.8 Å². The summed E-state index contributed by atoms with van der Waals surface area (Å²) < 4.78 is 17.3. The Labute approximate surface area is 186 Å². The van der Waals surface area contributed by atoms with Crippen molar-refractivity contribution in [2.24, 2.45) is 0 Å². The maximum Gasteiger partial charge on any atom is 0.119 e. The molecular weight excluding hydrogens is 386 g/mol. The third-order valence-corrected chi connectivity index (χ3v) is 4.70. The molecule has 0 N–H and O–H groups in total. The highest BCUT2D eigenvalue weighted by Gasteiger charge is 2.13. The van der Waals surface area contributed by atoms with E-state index < -0.39 is 0 Å². The molecule has 0 aliphatic carbocycles. The lowest BCUT2D eigenvalue weighted by molar-refractivity contribution is 0.317. The first-order chi connectivity index (χ1) is 15.2. The third kappa shape index (κ3) is 6.42. The molecule has 0 bridgehead atoms. The lowest BCUT2D eigenvalue weighted by Gasteiger charge is -2.26. The van der Waals surface area contributed by atoms with E-state index >= 15 is 0 Å². The van der Waals surface area contributed by atoms with Crippen molar-refractivity contribution in [3.8, 4) is 17.2 Å². The second-order valence-corrected chi connectivity index (χ2v) is 7.36. The third-order valence-electron chi connectivity index (χ3n) is 4.70. The molecule has 4 nitrogen and oxygen atoms in total. The van der Waals surface area contributed by atoms with Crippen LogP contribution in [0.3, 0.4) is 0 Å². The molecule has 3 aromatic carbocycles. The van der Waals surface area contributed by atoms with Gasteiger partial charge in [-0.25, -0.2) is 0 Å². The van der Waals surface area contributed by atoms with Crippen LogP contribution in [0.25, 0.3) is 0 Å². The second-order valence-electron chi connectivity index (χ2n) is 7.36. The van der Waals surface area contributed by atoms with Crippen molar-refractivity contribution in [2.75, 3.05) is 24.7 Å². The first kappa shape index (κ1) is 22.5. The van der Waals surface area contributed by atoms with Crippen LogP contribution < -0.4 is 19.1 Å². The van der Waals surface area contributed by atoms with Gasteiger partial charge in [-0.05, 0) is 92.1 Å². The van der Waals surface area contributed by atoms with E-state index in [2.05, 4.69) is 62.1 Å². The summed E-state index contributed by atoms with van der Waals surface area (Å²) in [5, 5.41) is 0. The van der Waals surface area contributed by atoms with Crippen molar-refractivity contribution in [1.29, 1.82) is 0 Å². The Kier molecular flexibility index (Phi) is 8.65. The summed E-state index contributed by atoms with van der Waals surface area (Å²) in [6, 6.07) is 24.7. The molecule has 164 valence electrons. The van der Waals surface area contributed by atoms with Crippen molar-refractivity contribution in [1.82, 2.24) is 0 Å². The van der Waals surface area contributed by atoms with E-state index in [1.54, 1.807) is 0 Å². The number of ether oxygens (including phenoxy) is 3. The van der Waals surface area contributed by atoms with Crippen molar-refractivity contribution in [3.63, 3.8) is 0 Å². The highest BCUT2D eigenvalue weighted by atomic mass is 16.5. The summed E-state index contributed by atoms with van der Waals surface area (Å²) in [4.78, 5) is 2.22. The second kappa shape index (κ2) is 11.9. The van der Waals surface area contributed by atoms with Crippen LogP contribution in [0, 0.1) is 0 Å². The van der Waals surface area contributed by atoms with Gasteiger partial charge in [-0.2, -0.15) is 0 Å². The Balaban J connectivity index is 1.90. The van der Waals surface area contributed by atoms with Crippen LogP contribution >= 0.6 is 0 Å². The largest absolute Gasteiger partial charge is 0.494 e. The zero-order valence-electron chi connectivity index (χ0n) is 18.8. The monoisotopic (exact) mass is 419 g/mol. The van der Waals surface area contributed by atoms with Crippen LogP contribution in [0.4, 0.5) is 17.1 Å². The van der Waals surface area contributed by atoms with Gasteiger partial charge >= 0.3 is 0 Å². The Bertz CT molecular complexity index is 767. The molecule has 0 spiro atoms. The summed E-state index contributed by atoms with van der Waals surface area (Å²) >= 11 is 0. The van der Waals surface area contributed by atoms with E-state index in [9.17, 15) is 0 Å². The first-order valence-electron chi connectivity index (χ1n) is 11.2. The topological polar surface area (TPSA) is 30.9 Å². The number of rotatable bonds is 12. The minimum absolute atomic E-state index is 0.724. The van der Waals surface area contributed by atoms with Gasteiger partial charge in [0.15, 0.2) is 0 Å². The van der Waals surface area contributed by atoms with Gasteiger partial charge in [0.05, 0.1) is 19.8 Å². The maximum absolute atomic E-state index is 5.76. The summed E-state index contributed by atoms with van der Waals surface area (Å²) in [6.07, 6.45) is 2.98. The quantitative estimate of drug-likeness (QED) is 0.304. The average molecular weight is 420 g/mol. The Morgan fingerprint density at radius 3 is 0.935 bits per heavy atom. The molecule has 0 heterocycles. The van der Waals surface area contributed by atoms with Gasteiger partial charge in [-0.15, -0.1) is 0 Å². The van der Waals surface area contributed by atoms with E-state index in [0.29, 0.717) is 0 Å². The lowest BCUT2D eigenvalue weighted by atomic mass is 10.2. The highest BCUT2D eigenvalue weighted by Crippen LogP contribution is 2.36. The number of nitrogens with zero attached hydrogens (tertiary/aromatic N) is 1. The van der Waals surface area contributed by atoms with Gasteiger partial charge in [-0.1, -0.05) is 20.8 Å². The van der Waals surface area contributed by atoms with Crippen molar-refractivity contribution >= 4 is 17.1 Å². The normalized spacial score (nSPS) is 10.5. The predicted molar refractivity (Wildman–Crippen MR) is 128 cm³/mol. The molecule has 4 heteroatoms. The first-order valence-corrected chi connectivity index (χ1v) is 11.2. The molecular formula is C27H33NO3. The Hall–Kier alpha value is -3.14. The van der Waals surface area contributed by atoms with Gasteiger partial charge < -0.3 is 19.1 Å². The smallest absolute Gasteiger partial charge is 0.119 e. The van der Waals surface area contributed by atoms with Gasteiger partial charge in [0.2, 0.25) is 0 Å². The molecule has 3 aromatic rings. The number of benzene rings is 3. The molecule has 0 saturated carbocycles. The van der Waals surface area contributed by atoms with Crippen LogP contribution in [0.1, 0.15) is 40.0 Å². The van der Waals surface area contributed by atoms with E-state index in [-0.39, 0.29) is 0 Å². The number of hydrogen-bond acceptors (Lipinski definition) is 4. The minimum atomic E-state index is 0.724. The molecule has 0 fully saturated rings. The standard InChI is InChI=1S/C27H33NO3/c1-4-19-29-25-13-7-22(8-14-25)28(23-9-15-26(16-10-23)30-20-5-2)24-11-17-27(18-12-24)31-21-6-3/h7-18H,4-6,19-21H2,1-3H3. The molecule has 0 radical (unpaired) electrons. The Morgan fingerprint density at radius 1 is 0.452 bits per heavy atom. The Morgan fingerprint density at radius 2 is 0.710 bits per heavy atom. The van der Waals surface area contributed by atoms with Gasteiger partial charge in [0.1, 0.15) is 17.2 Å². The summed E-state index contributed by atoms with van der Waals surface area (Å²) in [5.41, 5.74) is 3.19. The molecule has 0 aliphatic heterocycles. The van der Waals surface area contributed by atoms with Crippen LogP contribution in [0.2, 0.25) is 0 Å². The molecule has 0 aromatic heterocycles. The van der Waals surface area contributed by atoms with Crippen molar-refractivity contribution < 1.29 is 14.2 Å². The van der Waals surface area contributed by atoms with E-state index in [0.717, 1.165) is 73.4 Å². The summed E-state index contributed by atoms with van der Waals surface area (Å²) in [6.45, 7) is 8.50. The fourth-order valence-corrected chi connectivity index (χ4v) is 3.18. The zero-order chi connectivity index (χ0) is 21.9. The zero-order valence-corrected chi connectivity index (χ0v) is 18.8. The van der Waals surface area contributed by atoms with Crippen LogP contribution in [0.15, 0.2) is 72.8 Å². The molecule has 0 amide bonds. The van der Waals surface area contributed by atoms with Crippen LogP contribution in [0.5, 0.6) is 17.2 Å². The molecule has 0 atom stereocenters. The SMILES string of the molecule is CCCOc1ccc(N(c2ccc(OCCC)cc2)c2ccc(OCCC)cc2)cc1. The fraction of sp³-hybridized carbons (Fsp3) is 0.333. The van der Waals surface area contributed by atoms with Crippen molar-refractivity contribution in [2.45, 2.75) is 40.0 Å². The summed E-state index contributed by atoms with van der Waals surface area (Å²) in [5.74, 6) is 2.66. The maximum atomic E-state index is 5.76. The van der Waals surface area contributed by atoms with E-state index in [4.69, 9.17) is 14.2 Å². The van der Waals surface area contributed by atoms with Crippen LogP contribution in [-0.4, -0.2) is 19.8 Å². The molecule has 0 saturated heterocycles. The number of hydrogen-bond donors (Lipinski definition) is 0. The molecule has 3 rings (SSSR count). The lowest BCUT2D eigenvalue weighted by Crippen LogP contribution is -2.10. The van der Waals surface area contributed by atoms with Crippen LogP contribution in [-0.2, 0) is 0 Å². The van der Waals surface area contributed by atoms with Gasteiger partial charge in [0.25, 0.3) is 0 Å². The molecule has 31 heavy (non-hydrogen) atoms. The summed E-state index contributed by atoms with van der Waals surface area (Å²) in [7, 11) is 0. The predicted octanol–water partition coefficient (Wildman–Crippen LogP) is 7.52. The van der Waals surface area contributed by atoms with E-state index in [1.807, 2.05) is 36.4 Å². The number of anilines is 3. The average Bonchev–Trinajstić information content (AvgIpc) is 2.82.